The largest absolute Gasteiger partial charge is 0.310 e. The molecule has 17 rings (SSSR count). The molecule has 0 spiro atoms. The van der Waals surface area contributed by atoms with E-state index in [0.29, 0.717) is 0 Å². The number of aromatic nitrogens is 5. The Kier molecular flexibility index (Phi) is 10.7. The van der Waals surface area contributed by atoms with Crippen molar-refractivity contribution in [2.75, 3.05) is 9.80 Å². The minimum atomic E-state index is -0.687. The van der Waals surface area contributed by atoms with Crippen molar-refractivity contribution in [1.82, 2.24) is 23.7 Å². The molecule has 0 saturated heterocycles. The highest BCUT2D eigenvalue weighted by Crippen LogP contribution is 2.57. The fourth-order valence-electron chi connectivity index (χ4n) is 13.9. The highest BCUT2D eigenvalue weighted by Gasteiger charge is 2.47. The van der Waals surface area contributed by atoms with Gasteiger partial charge in [0.25, 0.3) is 0 Å². The molecule has 6 heterocycles. The van der Waals surface area contributed by atoms with Gasteiger partial charge in [-0.1, -0.05) is 188 Å². The van der Waals surface area contributed by atoms with Gasteiger partial charge in [-0.15, -0.1) is 0 Å². The van der Waals surface area contributed by atoms with Crippen LogP contribution >= 0.6 is 0 Å². The third kappa shape index (κ3) is 7.06. The van der Waals surface area contributed by atoms with Gasteiger partial charge in [-0.25, -0.2) is 4.98 Å². The van der Waals surface area contributed by atoms with Crippen molar-refractivity contribution in [2.45, 2.75) is 5.41 Å². The average Bonchev–Trinajstić information content (AvgIpc) is 1.81. The summed E-state index contributed by atoms with van der Waals surface area (Å²) in [5.74, 6) is 1.54. The van der Waals surface area contributed by atoms with Crippen LogP contribution < -0.4 is 9.80 Å². The Morgan fingerprint density at radius 3 is 1.35 bits per heavy atom. The van der Waals surface area contributed by atoms with E-state index in [1.165, 1.54) is 32.9 Å². The Bertz CT molecular complexity index is 5040. The Morgan fingerprint density at radius 1 is 0.298 bits per heavy atom. The summed E-state index contributed by atoms with van der Waals surface area (Å²) >= 11 is 0. The molecule has 0 N–H and O–H groups in total. The monoisotopic (exact) mass is 1070 g/mol. The molecule has 0 unspecified atom stereocenters. The molecule has 0 atom stereocenters. The molecule has 1 aliphatic rings. The average molecular weight is 1070 g/mol. The lowest BCUT2D eigenvalue weighted by molar-refractivity contribution is 0.727. The lowest BCUT2D eigenvalue weighted by Crippen LogP contribution is -2.38. The van der Waals surface area contributed by atoms with Crippen molar-refractivity contribution in [3.05, 3.63) is 332 Å². The SMILES string of the molecule is c1ccc(N(c2ccccc2)c2ccc3c(c2)c2ccccc2n3-c2cc(N3c4ccccc4C(c4ccccc4)(c4ccccc4)c4ccncc43)nc(-n3c4ccccc4c4cc(-n5c6ccccc6c6ccccc65)ccc43)c2)cc1. The molecule has 0 radical (unpaired) electrons. The third-order valence-corrected chi connectivity index (χ3v) is 17.3. The van der Waals surface area contributed by atoms with Crippen molar-refractivity contribution in [3.8, 4) is 17.2 Å². The zero-order valence-corrected chi connectivity index (χ0v) is 45.6. The van der Waals surface area contributed by atoms with Crippen LogP contribution in [0.2, 0.25) is 0 Å². The molecule has 7 nitrogen and oxygen atoms in total. The molecule has 0 bridgehead atoms. The summed E-state index contributed by atoms with van der Waals surface area (Å²) in [7, 11) is 0. The van der Waals surface area contributed by atoms with Gasteiger partial charge in [-0.05, 0) is 119 Å². The smallest absolute Gasteiger partial charge is 0.142 e. The van der Waals surface area contributed by atoms with Crippen LogP contribution in [0.25, 0.3) is 82.6 Å². The van der Waals surface area contributed by atoms with Crippen LogP contribution in [-0.4, -0.2) is 23.7 Å². The van der Waals surface area contributed by atoms with Gasteiger partial charge in [0.1, 0.15) is 11.6 Å². The van der Waals surface area contributed by atoms with Crippen molar-refractivity contribution in [3.63, 3.8) is 0 Å². The molecular weight excluding hydrogens is 1020 g/mol. The van der Waals surface area contributed by atoms with E-state index < -0.39 is 5.41 Å². The van der Waals surface area contributed by atoms with Crippen LogP contribution in [0.4, 0.5) is 34.3 Å². The van der Waals surface area contributed by atoms with Gasteiger partial charge in [-0.2, -0.15) is 0 Å². The number of anilines is 6. The maximum absolute atomic E-state index is 5.96. The number of para-hydroxylation sites is 7. The second-order valence-corrected chi connectivity index (χ2v) is 21.8. The summed E-state index contributed by atoms with van der Waals surface area (Å²) in [5.41, 5.74) is 17.8. The van der Waals surface area contributed by atoms with Gasteiger partial charge >= 0.3 is 0 Å². The van der Waals surface area contributed by atoms with Crippen molar-refractivity contribution >= 4 is 99.7 Å². The first-order valence-corrected chi connectivity index (χ1v) is 28.6. The van der Waals surface area contributed by atoms with E-state index in [2.05, 4.69) is 321 Å². The molecule has 0 aliphatic carbocycles. The first kappa shape index (κ1) is 47.5. The van der Waals surface area contributed by atoms with E-state index >= 15 is 0 Å². The molecule has 5 aromatic heterocycles. The van der Waals surface area contributed by atoms with E-state index in [-0.39, 0.29) is 0 Å². The minimum absolute atomic E-state index is 0.687. The Morgan fingerprint density at radius 2 is 0.738 bits per heavy atom. The zero-order valence-electron chi connectivity index (χ0n) is 45.6. The Hall–Kier alpha value is -11.3. The van der Waals surface area contributed by atoms with Crippen LogP contribution in [0.15, 0.2) is 310 Å². The van der Waals surface area contributed by atoms with Crippen LogP contribution in [-0.2, 0) is 5.41 Å². The molecule has 0 amide bonds. The van der Waals surface area contributed by atoms with E-state index in [9.17, 15) is 0 Å². The summed E-state index contributed by atoms with van der Waals surface area (Å²) in [4.78, 5) is 15.6. The van der Waals surface area contributed by atoms with Crippen molar-refractivity contribution in [2.24, 2.45) is 0 Å². The standard InChI is InChI=1S/C77H51N7/c1-5-23-52(24-6-1)77(53-25-7-2-8-26-53)65-35-17-22-40-73(65)84(74-51-78-46-45-66(74)77)76-50-58(82-69-38-20-15-33-61(69)63-47-56(41-43-71(63)82)80(54-27-9-3-10-28-54)55-29-11-4-12-30-55)49-75(79-76)83-70-39-21-16-34-62(70)64-48-57(42-44-72(64)83)81-67-36-18-13-31-59(67)60-32-14-19-37-68(60)81/h1-51H. The topological polar surface area (TPSA) is 47.0 Å². The van der Waals surface area contributed by atoms with E-state index in [0.717, 1.165) is 106 Å². The van der Waals surface area contributed by atoms with Crippen LogP contribution in [0.1, 0.15) is 22.3 Å². The summed E-state index contributed by atoms with van der Waals surface area (Å²) < 4.78 is 7.21. The summed E-state index contributed by atoms with van der Waals surface area (Å²) in [6, 6.07) is 108. The first-order valence-electron chi connectivity index (χ1n) is 28.6. The van der Waals surface area contributed by atoms with Crippen molar-refractivity contribution in [1.29, 1.82) is 0 Å². The molecule has 0 saturated carbocycles. The van der Waals surface area contributed by atoms with Crippen LogP contribution in [0.3, 0.4) is 0 Å². The van der Waals surface area contributed by atoms with Gasteiger partial charge < -0.3 is 14.0 Å². The highest BCUT2D eigenvalue weighted by molar-refractivity contribution is 6.13. The van der Waals surface area contributed by atoms with E-state index in [4.69, 9.17) is 9.97 Å². The fraction of sp³-hybridized carbons (Fsp3) is 0.0130. The molecular formula is C77H51N7. The van der Waals surface area contributed by atoms with Gasteiger partial charge in [0, 0.05) is 73.4 Å². The predicted octanol–water partition coefficient (Wildman–Crippen LogP) is 19.4. The summed E-state index contributed by atoms with van der Waals surface area (Å²) in [6.07, 6.45) is 3.97. The van der Waals surface area contributed by atoms with E-state index in [1.807, 2.05) is 12.4 Å². The fourth-order valence-corrected chi connectivity index (χ4v) is 13.9. The molecule has 0 fully saturated rings. The summed E-state index contributed by atoms with van der Waals surface area (Å²) in [5, 5.41) is 7.04. The lowest BCUT2D eigenvalue weighted by Gasteiger charge is -2.45. The number of pyridine rings is 2. The van der Waals surface area contributed by atoms with Gasteiger partial charge in [0.05, 0.1) is 61.8 Å². The summed E-state index contributed by atoms with van der Waals surface area (Å²) in [6.45, 7) is 0. The van der Waals surface area contributed by atoms with Gasteiger partial charge in [-0.3, -0.25) is 14.5 Å². The molecule has 1 aliphatic heterocycles. The Balaban J connectivity index is 0.945. The zero-order chi connectivity index (χ0) is 55.3. The second-order valence-electron chi connectivity index (χ2n) is 21.8. The number of benzene rings is 11. The first-order chi connectivity index (χ1) is 41.7. The second kappa shape index (κ2) is 18.9. The van der Waals surface area contributed by atoms with Gasteiger partial charge in [0.2, 0.25) is 0 Å². The minimum Gasteiger partial charge on any atom is -0.310 e. The quantitative estimate of drug-likeness (QED) is 0.145. The maximum Gasteiger partial charge on any atom is 0.142 e. The number of hydrogen-bond acceptors (Lipinski definition) is 4. The number of nitrogens with zero attached hydrogens (tertiary/aromatic N) is 7. The number of rotatable bonds is 9. The maximum atomic E-state index is 5.96. The van der Waals surface area contributed by atoms with Gasteiger partial charge in [0.15, 0.2) is 0 Å². The Labute approximate surface area is 485 Å². The normalized spacial score (nSPS) is 12.8. The molecule has 11 aromatic carbocycles. The highest BCUT2D eigenvalue weighted by atomic mass is 15.2. The predicted molar refractivity (Wildman–Crippen MR) is 346 cm³/mol. The number of fused-ring (bicyclic) bond motifs is 11. The van der Waals surface area contributed by atoms with Crippen molar-refractivity contribution < 1.29 is 0 Å². The third-order valence-electron chi connectivity index (χ3n) is 17.3. The van der Waals surface area contributed by atoms with Crippen LogP contribution in [0.5, 0.6) is 0 Å². The molecule has 7 heteroatoms. The lowest BCUT2D eigenvalue weighted by atomic mass is 9.62. The van der Waals surface area contributed by atoms with E-state index in [1.54, 1.807) is 0 Å². The molecule has 16 aromatic rings. The van der Waals surface area contributed by atoms with Crippen LogP contribution in [0, 0.1) is 0 Å². The molecule has 394 valence electrons. The molecule has 84 heavy (non-hydrogen) atoms. The number of hydrogen-bond donors (Lipinski definition) is 0.